The van der Waals surface area contributed by atoms with Gasteiger partial charge >= 0.3 is 0 Å². The summed E-state index contributed by atoms with van der Waals surface area (Å²) in [6.45, 7) is 0. The third kappa shape index (κ3) is 1.14. The molecule has 2 aromatic rings. The molecule has 0 N–H and O–H groups in total. The standard InChI is InChI=1S/C4HBr2N5/c5-2-1-11-4(3(6)7-2)8-9-10-11/h1H. The van der Waals surface area contributed by atoms with Crippen molar-refractivity contribution in [3.63, 3.8) is 0 Å². The fourth-order valence-corrected chi connectivity index (χ4v) is 1.75. The second kappa shape index (κ2) is 2.49. The molecule has 2 rings (SSSR count). The van der Waals surface area contributed by atoms with E-state index in [1.165, 1.54) is 4.52 Å². The van der Waals surface area contributed by atoms with E-state index < -0.39 is 0 Å². The second-order valence-electron chi connectivity index (χ2n) is 1.80. The summed E-state index contributed by atoms with van der Waals surface area (Å²) >= 11 is 6.43. The van der Waals surface area contributed by atoms with E-state index in [-0.39, 0.29) is 0 Å². The Bertz CT molecular complexity index is 396. The van der Waals surface area contributed by atoms with Gasteiger partial charge in [0.15, 0.2) is 4.60 Å². The molecule has 0 aromatic carbocycles. The molecule has 0 unspecified atom stereocenters. The number of rotatable bonds is 0. The van der Waals surface area contributed by atoms with Crippen LogP contribution < -0.4 is 0 Å². The van der Waals surface area contributed by atoms with Crippen LogP contribution in [-0.4, -0.2) is 25.0 Å². The topological polar surface area (TPSA) is 56.0 Å². The minimum atomic E-state index is 0.605. The van der Waals surface area contributed by atoms with Crippen LogP contribution in [0.15, 0.2) is 15.4 Å². The highest BCUT2D eigenvalue weighted by Crippen LogP contribution is 2.15. The predicted molar refractivity (Wildman–Crippen MR) is 44.0 cm³/mol. The van der Waals surface area contributed by atoms with Gasteiger partial charge < -0.3 is 0 Å². The van der Waals surface area contributed by atoms with Crippen molar-refractivity contribution in [2.45, 2.75) is 0 Å². The van der Waals surface area contributed by atoms with E-state index >= 15 is 0 Å². The summed E-state index contributed by atoms with van der Waals surface area (Å²) in [5, 5.41) is 10.9. The summed E-state index contributed by atoms with van der Waals surface area (Å²) < 4.78 is 2.84. The number of fused-ring (bicyclic) bond motifs is 1. The third-order valence-electron chi connectivity index (χ3n) is 1.11. The number of halogens is 2. The number of tetrazole rings is 1. The van der Waals surface area contributed by atoms with Crippen molar-refractivity contribution in [2.75, 3.05) is 0 Å². The minimum absolute atomic E-state index is 0.605. The van der Waals surface area contributed by atoms with Gasteiger partial charge in [-0.15, -0.1) is 5.10 Å². The van der Waals surface area contributed by atoms with Crippen molar-refractivity contribution in [2.24, 2.45) is 0 Å². The third-order valence-corrected chi connectivity index (χ3v) is 2.03. The van der Waals surface area contributed by atoms with Gasteiger partial charge in [0.25, 0.3) is 0 Å². The van der Waals surface area contributed by atoms with Crippen LogP contribution in [0.4, 0.5) is 0 Å². The summed E-state index contributed by atoms with van der Waals surface area (Å²) in [5.41, 5.74) is 0.605. The maximum absolute atomic E-state index is 4.04. The fourth-order valence-electron chi connectivity index (χ4n) is 0.690. The van der Waals surface area contributed by atoms with Gasteiger partial charge in [-0.25, -0.2) is 4.98 Å². The number of nitrogens with zero attached hydrogens (tertiary/aromatic N) is 5. The molecule has 56 valence electrons. The normalized spacial score (nSPS) is 10.7. The first-order valence-electron chi connectivity index (χ1n) is 2.67. The first kappa shape index (κ1) is 7.11. The predicted octanol–water partition coefficient (Wildman–Crippen LogP) is 1.04. The van der Waals surface area contributed by atoms with Crippen LogP contribution in [0, 0.1) is 0 Å². The molecule has 2 heterocycles. The summed E-state index contributed by atoms with van der Waals surface area (Å²) in [4.78, 5) is 4.04. The Hall–Kier alpha value is -0.560. The molecule has 0 aliphatic heterocycles. The Labute approximate surface area is 78.1 Å². The smallest absolute Gasteiger partial charge is 0.212 e. The number of hydrogen-bond donors (Lipinski definition) is 0. The zero-order chi connectivity index (χ0) is 7.84. The number of aromatic nitrogens is 5. The van der Waals surface area contributed by atoms with Crippen molar-refractivity contribution in [3.05, 3.63) is 15.4 Å². The van der Waals surface area contributed by atoms with Crippen LogP contribution in [0.1, 0.15) is 0 Å². The molecule has 0 fully saturated rings. The van der Waals surface area contributed by atoms with E-state index in [0.717, 1.165) is 0 Å². The molecule has 0 aliphatic rings. The molecular formula is C4HBr2N5. The molecule has 2 aromatic heterocycles. The molecule has 7 heteroatoms. The van der Waals surface area contributed by atoms with Crippen LogP contribution in [0.2, 0.25) is 0 Å². The number of hydrogen-bond acceptors (Lipinski definition) is 4. The molecule has 11 heavy (non-hydrogen) atoms. The van der Waals surface area contributed by atoms with Crippen molar-refractivity contribution >= 4 is 37.5 Å². The highest BCUT2D eigenvalue weighted by atomic mass is 79.9. The molecule has 0 radical (unpaired) electrons. The first-order valence-corrected chi connectivity index (χ1v) is 4.26. The van der Waals surface area contributed by atoms with Crippen LogP contribution in [0.3, 0.4) is 0 Å². The van der Waals surface area contributed by atoms with Gasteiger partial charge in [-0.1, -0.05) is 0 Å². The van der Waals surface area contributed by atoms with Gasteiger partial charge in [-0.3, -0.25) is 0 Å². The van der Waals surface area contributed by atoms with Crippen molar-refractivity contribution in [1.29, 1.82) is 0 Å². The summed E-state index contributed by atoms with van der Waals surface area (Å²) in [7, 11) is 0. The highest BCUT2D eigenvalue weighted by Gasteiger charge is 2.03. The van der Waals surface area contributed by atoms with E-state index in [4.69, 9.17) is 0 Å². The van der Waals surface area contributed by atoms with Crippen molar-refractivity contribution < 1.29 is 0 Å². The van der Waals surface area contributed by atoms with Crippen molar-refractivity contribution in [1.82, 2.24) is 25.0 Å². The lowest BCUT2D eigenvalue weighted by Gasteiger charge is -1.92. The van der Waals surface area contributed by atoms with Crippen molar-refractivity contribution in [3.8, 4) is 0 Å². The molecular weight excluding hydrogens is 278 g/mol. The summed E-state index contributed by atoms with van der Waals surface area (Å²) in [5.74, 6) is 0. The van der Waals surface area contributed by atoms with Crippen LogP contribution in [0.5, 0.6) is 0 Å². The lowest BCUT2D eigenvalue weighted by molar-refractivity contribution is 0.816. The largest absolute Gasteiger partial charge is 0.228 e. The van der Waals surface area contributed by atoms with E-state index in [1.807, 2.05) is 0 Å². The highest BCUT2D eigenvalue weighted by molar-refractivity contribution is 9.11. The van der Waals surface area contributed by atoms with Gasteiger partial charge in [0.2, 0.25) is 5.65 Å². The fraction of sp³-hybridized carbons (Fsp3) is 0. The van der Waals surface area contributed by atoms with Gasteiger partial charge in [0, 0.05) is 0 Å². The SMILES string of the molecule is Brc1cn2nnnc2c(Br)n1. The summed E-state index contributed by atoms with van der Waals surface area (Å²) in [6.07, 6.45) is 1.68. The van der Waals surface area contributed by atoms with E-state index in [9.17, 15) is 0 Å². The Morgan fingerprint density at radius 1 is 1.36 bits per heavy atom. The monoisotopic (exact) mass is 277 g/mol. The van der Waals surface area contributed by atoms with E-state index in [0.29, 0.717) is 14.9 Å². The molecule has 0 saturated carbocycles. The lowest BCUT2D eigenvalue weighted by atomic mass is 10.7. The van der Waals surface area contributed by atoms with Crippen LogP contribution >= 0.6 is 31.9 Å². The maximum Gasteiger partial charge on any atom is 0.212 e. The van der Waals surface area contributed by atoms with Gasteiger partial charge in [0.1, 0.15) is 4.60 Å². The Morgan fingerprint density at radius 2 is 2.18 bits per heavy atom. The molecule has 0 saturated heterocycles. The minimum Gasteiger partial charge on any atom is -0.228 e. The quantitative estimate of drug-likeness (QED) is 0.723. The summed E-state index contributed by atoms with van der Waals surface area (Å²) in [6, 6.07) is 0. The molecule has 0 atom stereocenters. The second-order valence-corrected chi connectivity index (χ2v) is 3.37. The zero-order valence-electron chi connectivity index (χ0n) is 5.07. The van der Waals surface area contributed by atoms with Gasteiger partial charge in [0.05, 0.1) is 6.20 Å². The maximum atomic E-state index is 4.04. The lowest BCUT2D eigenvalue weighted by Crippen LogP contribution is -1.90. The molecule has 0 amide bonds. The van der Waals surface area contributed by atoms with Crippen LogP contribution in [-0.2, 0) is 0 Å². The Balaban J connectivity index is 2.91. The zero-order valence-corrected chi connectivity index (χ0v) is 8.24. The van der Waals surface area contributed by atoms with E-state index in [2.05, 4.69) is 52.4 Å². The van der Waals surface area contributed by atoms with Crippen LogP contribution in [0.25, 0.3) is 5.65 Å². The Kier molecular flexibility index (Phi) is 1.61. The molecule has 0 aliphatic carbocycles. The molecule has 0 spiro atoms. The first-order chi connectivity index (χ1) is 5.27. The molecule has 0 bridgehead atoms. The van der Waals surface area contributed by atoms with Gasteiger partial charge in [-0.05, 0) is 42.3 Å². The van der Waals surface area contributed by atoms with Gasteiger partial charge in [-0.2, -0.15) is 4.52 Å². The molecule has 5 nitrogen and oxygen atoms in total. The average Bonchev–Trinajstić information content (AvgIpc) is 2.34. The average molecular weight is 279 g/mol. The van der Waals surface area contributed by atoms with E-state index in [1.54, 1.807) is 6.20 Å². The Morgan fingerprint density at radius 3 is 3.00 bits per heavy atom.